The molecule has 1 aliphatic carbocycles. The summed E-state index contributed by atoms with van der Waals surface area (Å²) in [6.45, 7) is 4.16. The van der Waals surface area contributed by atoms with Gasteiger partial charge in [0.2, 0.25) is 0 Å². The van der Waals surface area contributed by atoms with Crippen LogP contribution in [-0.4, -0.2) is 119 Å². The Hall–Kier alpha value is -3.24. The van der Waals surface area contributed by atoms with Crippen LogP contribution in [0.3, 0.4) is 0 Å². The van der Waals surface area contributed by atoms with E-state index in [1.54, 1.807) is 0 Å². The third-order valence-electron chi connectivity index (χ3n) is 8.19. The fourth-order valence-electron chi connectivity index (χ4n) is 5.83. The quantitative estimate of drug-likeness (QED) is 0.167. The summed E-state index contributed by atoms with van der Waals surface area (Å²) in [6.07, 6.45) is -7.05. The first kappa shape index (κ1) is 38.2. The van der Waals surface area contributed by atoms with Crippen molar-refractivity contribution in [2.45, 2.75) is 134 Å². The Morgan fingerprint density at radius 1 is 0.553 bits per heavy atom. The lowest BCUT2D eigenvalue weighted by Gasteiger charge is -2.40. The minimum atomic E-state index is -1.50. The molecule has 0 bridgehead atoms. The average Bonchev–Trinajstić information content (AvgIpc) is 3.11. The lowest BCUT2D eigenvalue weighted by molar-refractivity contribution is -0.229. The van der Waals surface area contributed by atoms with Crippen molar-refractivity contribution < 1.29 is 68.0 Å². The predicted octanol–water partition coefficient (Wildman–Crippen LogP) is -0.0621. The molecule has 2 unspecified atom stereocenters. The summed E-state index contributed by atoms with van der Waals surface area (Å²) in [7, 11) is 0. The Labute approximate surface area is 274 Å². The molecule has 0 amide bonds. The highest BCUT2D eigenvalue weighted by molar-refractivity contribution is 5.67. The van der Waals surface area contributed by atoms with Gasteiger partial charge in [0.05, 0.1) is 0 Å². The second-order valence-electron chi connectivity index (χ2n) is 12.1. The van der Waals surface area contributed by atoms with Crippen molar-refractivity contribution in [2.24, 2.45) is 11.8 Å². The fourth-order valence-corrected chi connectivity index (χ4v) is 5.83. The van der Waals surface area contributed by atoms with Crippen LogP contribution in [0.1, 0.15) is 72.6 Å². The van der Waals surface area contributed by atoms with E-state index >= 15 is 0 Å². The molecule has 3 aliphatic rings. The van der Waals surface area contributed by atoms with Crippen LogP contribution in [0.15, 0.2) is 0 Å². The molecule has 1 saturated carbocycles. The van der Waals surface area contributed by atoms with Gasteiger partial charge in [-0.2, -0.15) is 0 Å². The van der Waals surface area contributed by atoms with E-state index in [-0.39, 0.29) is 25.0 Å². The highest BCUT2D eigenvalue weighted by Crippen LogP contribution is 2.28. The van der Waals surface area contributed by atoms with Crippen LogP contribution in [-0.2, 0) is 47.6 Å². The van der Waals surface area contributed by atoms with Crippen molar-refractivity contribution in [3.05, 3.63) is 0 Å². The molecule has 12 atom stereocenters. The van der Waals surface area contributed by atoms with Crippen molar-refractivity contribution in [1.29, 1.82) is 0 Å². The molecule has 47 heavy (non-hydrogen) atoms. The van der Waals surface area contributed by atoms with E-state index in [2.05, 4.69) is 23.7 Å². The topological polar surface area (TPSA) is 205 Å². The number of carbonyl (C=O) groups is 4. The van der Waals surface area contributed by atoms with E-state index in [1.807, 2.05) is 0 Å². The van der Waals surface area contributed by atoms with Gasteiger partial charge in [-0.05, 0) is 25.7 Å². The van der Waals surface area contributed by atoms with Crippen molar-refractivity contribution >= 4 is 23.9 Å². The molecule has 14 heteroatoms. The largest absolute Gasteiger partial charge is 0.463 e. The van der Waals surface area contributed by atoms with Crippen molar-refractivity contribution in [3.63, 3.8) is 0 Å². The first-order chi connectivity index (χ1) is 22.3. The molecule has 2 saturated heterocycles. The minimum Gasteiger partial charge on any atom is -0.463 e. The van der Waals surface area contributed by atoms with Gasteiger partial charge in [-0.3, -0.25) is 19.2 Å². The molecule has 0 spiro atoms. The SMILES string of the molecule is CC(=O)OC[C@H]1O[C@H](C#CC2CCCCC(C#C[C@H]3O[C@H](COC(C)=O)[C@@H](OC(C)=O)[C@H](O)[C@@H]3O)CCC2)[C@@H](O)[C@@H](O)[C@@H]1OC(C)=O. The second kappa shape index (κ2) is 18.3. The molecule has 2 aliphatic heterocycles. The molecule has 4 N–H and O–H groups in total. The first-order valence-electron chi connectivity index (χ1n) is 15.9. The van der Waals surface area contributed by atoms with Crippen LogP contribution >= 0.6 is 0 Å². The zero-order valence-corrected chi connectivity index (χ0v) is 27.2. The van der Waals surface area contributed by atoms with Crippen LogP contribution in [0.5, 0.6) is 0 Å². The molecule has 0 aromatic carbocycles. The number of hydrogen-bond acceptors (Lipinski definition) is 14. The van der Waals surface area contributed by atoms with Crippen molar-refractivity contribution in [3.8, 4) is 23.7 Å². The van der Waals surface area contributed by atoms with Gasteiger partial charge in [0.1, 0.15) is 62.0 Å². The molecule has 3 fully saturated rings. The highest BCUT2D eigenvalue weighted by Gasteiger charge is 2.47. The molecule has 3 rings (SSSR count). The summed E-state index contributed by atoms with van der Waals surface area (Å²) in [5.74, 6) is 9.65. The minimum absolute atomic E-state index is 0.0216. The summed E-state index contributed by atoms with van der Waals surface area (Å²) >= 11 is 0. The van der Waals surface area contributed by atoms with Crippen LogP contribution in [0, 0.1) is 35.5 Å². The van der Waals surface area contributed by atoms with E-state index in [1.165, 1.54) is 13.8 Å². The number of ether oxygens (including phenoxy) is 6. The maximum atomic E-state index is 11.6. The number of hydrogen-bond donors (Lipinski definition) is 4. The summed E-state index contributed by atoms with van der Waals surface area (Å²) in [5.41, 5.74) is 0. The molecule has 0 aromatic rings. The second-order valence-corrected chi connectivity index (χ2v) is 12.1. The van der Waals surface area contributed by atoms with E-state index in [0.29, 0.717) is 0 Å². The van der Waals surface area contributed by atoms with E-state index < -0.39 is 84.9 Å². The Morgan fingerprint density at radius 3 is 1.26 bits per heavy atom. The van der Waals surface area contributed by atoms with Crippen molar-refractivity contribution in [1.82, 2.24) is 0 Å². The lowest BCUT2D eigenvalue weighted by Crippen LogP contribution is -2.59. The molecule has 262 valence electrons. The third kappa shape index (κ3) is 11.7. The normalized spacial score (nSPS) is 35.9. The molecular weight excluding hydrogens is 620 g/mol. The first-order valence-corrected chi connectivity index (χ1v) is 15.9. The van der Waals surface area contributed by atoms with E-state index in [4.69, 9.17) is 28.4 Å². The van der Waals surface area contributed by atoms with Gasteiger partial charge in [0.25, 0.3) is 0 Å². The van der Waals surface area contributed by atoms with Gasteiger partial charge in [-0.1, -0.05) is 42.9 Å². The number of aliphatic hydroxyl groups excluding tert-OH is 4. The third-order valence-corrected chi connectivity index (χ3v) is 8.19. The molecule has 0 aromatic heterocycles. The van der Waals surface area contributed by atoms with E-state index in [0.717, 1.165) is 58.8 Å². The Bertz CT molecular complexity index is 1120. The maximum absolute atomic E-state index is 11.6. The number of aliphatic hydroxyl groups is 4. The Morgan fingerprint density at radius 2 is 0.915 bits per heavy atom. The standard InChI is InChI=1S/C33H46O14/c1-18(34)42-16-26-32(44-20(3)36)30(40)28(38)24(46-26)14-12-22-8-5-6-9-23(11-7-10-22)13-15-25-29(39)31(41)33(45-21(4)37)27(47-25)17-43-19(2)35/h22-33,38-41H,5-11,16-17H2,1-4H3/t22?,23?,24-,25-,26-,27-,28-,29-,30-,31-,32-,33-/m1/s1. The lowest BCUT2D eigenvalue weighted by atomic mass is 9.92. The zero-order valence-electron chi connectivity index (χ0n) is 27.2. The molecule has 2 heterocycles. The summed E-state index contributed by atoms with van der Waals surface area (Å²) in [4.78, 5) is 45.8. The van der Waals surface area contributed by atoms with E-state index in [9.17, 15) is 39.6 Å². The fraction of sp³-hybridized carbons (Fsp3) is 0.758. The van der Waals surface area contributed by atoms with Crippen LogP contribution in [0.4, 0.5) is 0 Å². The van der Waals surface area contributed by atoms with Gasteiger partial charge in [-0.25, -0.2) is 0 Å². The van der Waals surface area contributed by atoms with Crippen LogP contribution in [0.2, 0.25) is 0 Å². The number of rotatable bonds is 6. The van der Waals surface area contributed by atoms with Gasteiger partial charge in [0, 0.05) is 39.5 Å². The van der Waals surface area contributed by atoms with Gasteiger partial charge in [-0.15, -0.1) is 0 Å². The molecular formula is C33H46O14. The van der Waals surface area contributed by atoms with Gasteiger partial charge < -0.3 is 48.8 Å². The monoisotopic (exact) mass is 666 g/mol. The smallest absolute Gasteiger partial charge is 0.303 e. The Balaban J connectivity index is 1.63. The van der Waals surface area contributed by atoms with Crippen LogP contribution < -0.4 is 0 Å². The van der Waals surface area contributed by atoms with Crippen LogP contribution in [0.25, 0.3) is 0 Å². The average molecular weight is 667 g/mol. The van der Waals surface area contributed by atoms with Crippen molar-refractivity contribution in [2.75, 3.05) is 13.2 Å². The Kier molecular flexibility index (Phi) is 14.9. The number of esters is 4. The molecule has 14 nitrogen and oxygen atoms in total. The highest BCUT2D eigenvalue weighted by atomic mass is 16.6. The number of carbonyl (C=O) groups excluding carboxylic acids is 4. The summed E-state index contributed by atoms with van der Waals surface area (Å²) < 4.78 is 32.0. The van der Waals surface area contributed by atoms with Gasteiger partial charge in [0.15, 0.2) is 12.2 Å². The maximum Gasteiger partial charge on any atom is 0.303 e. The predicted molar refractivity (Wildman–Crippen MR) is 161 cm³/mol. The zero-order chi connectivity index (χ0) is 34.7. The molecule has 0 radical (unpaired) electrons. The summed E-state index contributed by atoms with van der Waals surface area (Å²) in [6, 6.07) is 0. The van der Waals surface area contributed by atoms with Gasteiger partial charge >= 0.3 is 23.9 Å². The summed E-state index contributed by atoms with van der Waals surface area (Å²) in [5, 5.41) is 42.7.